The van der Waals surface area contributed by atoms with Gasteiger partial charge in [0.15, 0.2) is 0 Å². The van der Waals surface area contributed by atoms with Crippen molar-refractivity contribution in [2.75, 3.05) is 5.32 Å². The fraction of sp³-hybridized carbons (Fsp3) is 0.632. The number of carbonyl (C=O) groups is 1. The highest BCUT2D eigenvalue weighted by Crippen LogP contribution is 2.34. The van der Waals surface area contributed by atoms with Crippen molar-refractivity contribution in [3.05, 3.63) is 29.3 Å². The summed E-state index contributed by atoms with van der Waals surface area (Å²) < 4.78 is 0. The van der Waals surface area contributed by atoms with Gasteiger partial charge in [-0.25, -0.2) is 0 Å². The third kappa shape index (κ3) is 4.10. The van der Waals surface area contributed by atoms with Crippen LogP contribution in [0.2, 0.25) is 0 Å². The molecule has 2 N–H and O–H groups in total. The molecule has 120 valence electrons. The van der Waals surface area contributed by atoms with Crippen molar-refractivity contribution in [2.45, 2.75) is 70.9 Å². The summed E-state index contributed by atoms with van der Waals surface area (Å²) in [5.41, 5.74) is 3.77. The van der Waals surface area contributed by atoms with Crippen molar-refractivity contribution >= 4 is 11.6 Å². The molecule has 1 fully saturated rings. The van der Waals surface area contributed by atoms with Crippen LogP contribution in [0.3, 0.4) is 0 Å². The van der Waals surface area contributed by atoms with E-state index in [0.29, 0.717) is 12.1 Å². The van der Waals surface area contributed by atoms with E-state index in [4.69, 9.17) is 0 Å². The van der Waals surface area contributed by atoms with E-state index in [0.717, 1.165) is 24.4 Å². The standard InChI is InChI=1S/C19H28N2O/c1-3-17(10-14-4-5-14)21-19-9-7-15-6-8-18(20-13(2)22)11-16(15)12-19/h6,8,11,14,17,19,21H,3-5,7,9-10,12H2,1-2H3,(H,20,22). The van der Waals surface area contributed by atoms with Crippen molar-refractivity contribution in [2.24, 2.45) is 5.92 Å². The van der Waals surface area contributed by atoms with E-state index in [1.807, 2.05) is 6.07 Å². The summed E-state index contributed by atoms with van der Waals surface area (Å²) in [6.07, 6.45) is 8.92. The van der Waals surface area contributed by atoms with E-state index in [-0.39, 0.29) is 5.91 Å². The van der Waals surface area contributed by atoms with Gasteiger partial charge in [0.2, 0.25) is 5.91 Å². The fourth-order valence-corrected chi connectivity index (χ4v) is 3.62. The smallest absolute Gasteiger partial charge is 0.221 e. The minimum atomic E-state index is 0.000847. The number of carbonyl (C=O) groups excluding carboxylic acids is 1. The molecule has 1 aromatic rings. The van der Waals surface area contributed by atoms with Gasteiger partial charge < -0.3 is 10.6 Å². The first kappa shape index (κ1) is 15.5. The number of rotatable bonds is 6. The Kier molecular flexibility index (Phi) is 4.82. The average Bonchev–Trinajstić information content (AvgIpc) is 3.29. The van der Waals surface area contributed by atoms with Crippen LogP contribution >= 0.6 is 0 Å². The number of anilines is 1. The summed E-state index contributed by atoms with van der Waals surface area (Å²) in [6.45, 7) is 3.86. The second-order valence-corrected chi connectivity index (χ2v) is 7.06. The van der Waals surface area contributed by atoms with Crippen LogP contribution in [0.5, 0.6) is 0 Å². The Hall–Kier alpha value is -1.35. The second-order valence-electron chi connectivity index (χ2n) is 7.06. The van der Waals surface area contributed by atoms with Crippen LogP contribution < -0.4 is 10.6 Å². The molecule has 1 amide bonds. The summed E-state index contributed by atoms with van der Waals surface area (Å²) >= 11 is 0. The van der Waals surface area contributed by atoms with Gasteiger partial charge in [-0.15, -0.1) is 0 Å². The van der Waals surface area contributed by atoms with Gasteiger partial charge in [0.05, 0.1) is 0 Å². The van der Waals surface area contributed by atoms with Crippen LogP contribution in [-0.4, -0.2) is 18.0 Å². The lowest BCUT2D eigenvalue weighted by atomic mass is 9.87. The molecule has 0 heterocycles. The number of aryl methyl sites for hydroxylation is 1. The minimum absolute atomic E-state index is 0.000847. The third-order valence-corrected chi connectivity index (χ3v) is 5.03. The van der Waals surface area contributed by atoms with Gasteiger partial charge >= 0.3 is 0 Å². The van der Waals surface area contributed by atoms with Gasteiger partial charge in [0.25, 0.3) is 0 Å². The van der Waals surface area contributed by atoms with Crippen molar-refractivity contribution < 1.29 is 4.79 Å². The first-order valence-electron chi connectivity index (χ1n) is 8.79. The Balaban J connectivity index is 1.62. The van der Waals surface area contributed by atoms with Gasteiger partial charge in [-0.2, -0.15) is 0 Å². The third-order valence-electron chi connectivity index (χ3n) is 5.03. The normalized spacial score (nSPS) is 22.0. The zero-order valence-corrected chi connectivity index (χ0v) is 13.8. The summed E-state index contributed by atoms with van der Waals surface area (Å²) in [6, 6.07) is 7.63. The highest BCUT2D eigenvalue weighted by atomic mass is 16.1. The Morgan fingerprint density at radius 3 is 2.77 bits per heavy atom. The molecule has 0 bridgehead atoms. The lowest BCUT2D eigenvalue weighted by molar-refractivity contribution is -0.114. The number of nitrogens with one attached hydrogen (secondary N) is 2. The van der Waals surface area contributed by atoms with Crippen molar-refractivity contribution in [1.82, 2.24) is 5.32 Å². The summed E-state index contributed by atoms with van der Waals surface area (Å²) in [4.78, 5) is 11.2. The van der Waals surface area contributed by atoms with Crippen molar-refractivity contribution in [1.29, 1.82) is 0 Å². The van der Waals surface area contributed by atoms with Crippen LogP contribution in [0, 0.1) is 5.92 Å². The molecular formula is C19H28N2O. The predicted octanol–water partition coefficient (Wildman–Crippen LogP) is 3.67. The number of benzene rings is 1. The van der Waals surface area contributed by atoms with Gasteiger partial charge in [-0.1, -0.05) is 25.8 Å². The second kappa shape index (κ2) is 6.82. The summed E-state index contributed by atoms with van der Waals surface area (Å²) in [7, 11) is 0. The average molecular weight is 300 g/mol. The quantitative estimate of drug-likeness (QED) is 0.841. The molecular weight excluding hydrogens is 272 g/mol. The van der Waals surface area contributed by atoms with E-state index in [1.165, 1.54) is 43.2 Å². The molecule has 0 saturated heterocycles. The molecule has 2 aliphatic rings. The Morgan fingerprint density at radius 2 is 2.09 bits per heavy atom. The highest BCUT2D eigenvalue weighted by molar-refractivity contribution is 5.88. The van der Waals surface area contributed by atoms with E-state index in [2.05, 4.69) is 29.7 Å². The molecule has 2 unspecified atom stereocenters. The molecule has 3 nitrogen and oxygen atoms in total. The molecule has 1 aromatic carbocycles. The maximum absolute atomic E-state index is 11.2. The molecule has 0 aromatic heterocycles. The number of hydrogen-bond donors (Lipinski definition) is 2. The van der Waals surface area contributed by atoms with Crippen molar-refractivity contribution in [3.8, 4) is 0 Å². The minimum Gasteiger partial charge on any atom is -0.326 e. The summed E-state index contributed by atoms with van der Waals surface area (Å²) in [5.74, 6) is 0.987. The predicted molar refractivity (Wildman–Crippen MR) is 91.1 cm³/mol. The molecule has 3 heteroatoms. The number of amides is 1. The highest BCUT2D eigenvalue weighted by Gasteiger charge is 2.27. The SMILES string of the molecule is CCC(CC1CC1)NC1CCc2ccc(NC(C)=O)cc2C1. The zero-order valence-electron chi connectivity index (χ0n) is 13.8. The molecule has 1 saturated carbocycles. The molecule has 0 radical (unpaired) electrons. The lowest BCUT2D eigenvalue weighted by Crippen LogP contribution is -2.41. The monoisotopic (exact) mass is 300 g/mol. The van der Waals surface area contributed by atoms with E-state index < -0.39 is 0 Å². The number of hydrogen-bond acceptors (Lipinski definition) is 2. The first-order valence-corrected chi connectivity index (χ1v) is 8.79. The lowest BCUT2D eigenvalue weighted by Gasteiger charge is -2.30. The Morgan fingerprint density at radius 1 is 1.27 bits per heavy atom. The van der Waals surface area contributed by atoms with Crippen molar-refractivity contribution in [3.63, 3.8) is 0 Å². The Labute approximate surface area is 133 Å². The zero-order chi connectivity index (χ0) is 15.5. The Bertz CT molecular complexity index is 536. The van der Waals surface area contributed by atoms with Gasteiger partial charge in [-0.05, 0) is 61.3 Å². The molecule has 0 aliphatic heterocycles. The van der Waals surface area contributed by atoms with Gasteiger partial charge in [0, 0.05) is 24.7 Å². The van der Waals surface area contributed by atoms with Crippen LogP contribution in [0.1, 0.15) is 57.1 Å². The molecule has 3 rings (SSSR count). The maximum Gasteiger partial charge on any atom is 0.221 e. The first-order chi connectivity index (χ1) is 10.6. The van der Waals surface area contributed by atoms with E-state index in [9.17, 15) is 4.79 Å². The number of fused-ring (bicyclic) bond motifs is 1. The molecule has 2 atom stereocenters. The van der Waals surface area contributed by atoms with Gasteiger partial charge in [0.1, 0.15) is 0 Å². The molecule has 2 aliphatic carbocycles. The van der Waals surface area contributed by atoms with E-state index in [1.54, 1.807) is 6.92 Å². The van der Waals surface area contributed by atoms with Crippen LogP contribution in [0.25, 0.3) is 0 Å². The maximum atomic E-state index is 11.2. The topological polar surface area (TPSA) is 41.1 Å². The largest absolute Gasteiger partial charge is 0.326 e. The van der Waals surface area contributed by atoms with E-state index >= 15 is 0 Å². The fourth-order valence-electron chi connectivity index (χ4n) is 3.62. The van der Waals surface area contributed by atoms with Crippen LogP contribution in [0.4, 0.5) is 5.69 Å². The molecule has 0 spiro atoms. The summed E-state index contributed by atoms with van der Waals surface area (Å²) in [5, 5.41) is 6.79. The van der Waals surface area contributed by atoms with Gasteiger partial charge in [-0.3, -0.25) is 4.79 Å². The molecule has 22 heavy (non-hydrogen) atoms. The van der Waals surface area contributed by atoms with Crippen LogP contribution in [-0.2, 0) is 17.6 Å². The van der Waals surface area contributed by atoms with Crippen LogP contribution in [0.15, 0.2) is 18.2 Å².